The van der Waals surface area contributed by atoms with Crippen LogP contribution in [0, 0.1) is 31.6 Å². The van der Waals surface area contributed by atoms with Gasteiger partial charge in [-0.05, 0) is 63.0 Å². The Hall–Kier alpha value is -2.14. The Balaban J connectivity index is 1.17. The molecule has 0 radical (unpaired) electrons. The quantitative estimate of drug-likeness (QED) is 0.755. The third kappa shape index (κ3) is 3.80. The van der Waals surface area contributed by atoms with E-state index < -0.39 is 0 Å². The minimum atomic E-state index is 0.399. The third-order valence-electron chi connectivity index (χ3n) is 7.87. The first-order valence-corrected chi connectivity index (χ1v) is 11.7. The second-order valence-corrected chi connectivity index (χ2v) is 9.69. The molecular formula is C25H34N4O. The fraction of sp³-hybridized carbons (Fsp3) is 0.600. The fourth-order valence-electron chi connectivity index (χ4n) is 6.08. The van der Waals surface area contributed by atoms with Gasteiger partial charge in [-0.2, -0.15) is 5.10 Å². The van der Waals surface area contributed by atoms with Gasteiger partial charge in [0.1, 0.15) is 0 Å². The van der Waals surface area contributed by atoms with Crippen molar-refractivity contribution >= 4 is 5.91 Å². The number of nitrogens with zero attached hydrogens (tertiary/aromatic N) is 4. The Bertz CT molecular complexity index is 897. The van der Waals surface area contributed by atoms with Gasteiger partial charge in [-0.1, -0.05) is 24.6 Å². The molecule has 0 N–H and O–H groups in total. The predicted molar refractivity (Wildman–Crippen MR) is 118 cm³/mol. The van der Waals surface area contributed by atoms with Gasteiger partial charge in [0.05, 0.1) is 11.4 Å². The van der Waals surface area contributed by atoms with Gasteiger partial charge >= 0.3 is 0 Å². The van der Waals surface area contributed by atoms with E-state index in [-0.39, 0.29) is 0 Å². The van der Waals surface area contributed by atoms with Gasteiger partial charge in [0.15, 0.2) is 0 Å². The van der Waals surface area contributed by atoms with Crippen LogP contribution in [0.5, 0.6) is 0 Å². The summed E-state index contributed by atoms with van der Waals surface area (Å²) < 4.78 is 2.06. The van der Waals surface area contributed by atoms with Gasteiger partial charge < -0.3 is 4.90 Å². The summed E-state index contributed by atoms with van der Waals surface area (Å²) >= 11 is 0. The molecule has 2 aliphatic carbocycles. The van der Waals surface area contributed by atoms with Crippen LogP contribution in [0.4, 0.5) is 0 Å². The van der Waals surface area contributed by atoms with Gasteiger partial charge in [0.2, 0.25) is 5.91 Å². The summed E-state index contributed by atoms with van der Waals surface area (Å²) in [5.74, 6) is 2.83. The lowest BCUT2D eigenvalue weighted by atomic mass is 9.86. The summed E-state index contributed by atoms with van der Waals surface area (Å²) in [7, 11) is 0. The van der Waals surface area contributed by atoms with Crippen molar-refractivity contribution in [3.05, 3.63) is 47.3 Å². The number of para-hydroxylation sites is 1. The van der Waals surface area contributed by atoms with Crippen molar-refractivity contribution in [2.45, 2.75) is 52.5 Å². The van der Waals surface area contributed by atoms with Crippen LogP contribution in [0.2, 0.25) is 0 Å². The van der Waals surface area contributed by atoms with Crippen molar-refractivity contribution in [3.63, 3.8) is 0 Å². The molecule has 2 aromatic rings. The minimum Gasteiger partial charge on any atom is -0.340 e. The maximum atomic E-state index is 12.9. The molecule has 2 bridgehead atoms. The van der Waals surface area contributed by atoms with Crippen LogP contribution in [0.15, 0.2) is 30.3 Å². The molecule has 3 atom stereocenters. The molecule has 3 aliphatic rings. The van der Waals surface area contributed by atoms with E-state index in [0.717, 1.165) is 62.4 Å². The van der Waals surface area contributed by atoms with Crippen LogP contribution in [0.25, 0.3) is 5.69 Å². The number of benzene rings is 1. The van der Waals surface area contributed by atoms with Crippen LogP contribution < -0.4 is 0 Å². The van der Waals surface area contributed by atoms with E-state index >= 15 is 0 Å². The number of carbonyl (C=O) groups is 1. The molecule has 5 rings (SSSR count). The molecule has 0 spiro atoms. The van der Waals surface area contributed by atoms with E-state index in [4.69, 9.17) is 5.10 Å². The lowest BCUT2D eigenvalue weighted by molar-refractivity contribution is -0.134. The summed E-state index contributed by atoms with van der Waals surface area (Å²) in [6, 6.07) is 10.3. The standard InChI is InChI=1S/C25H34N4O/c1-18-24(19(2)29(26-18)23-6-4-3-5-7-23)17-27-10-12-28(13-11-27)25(30)16-22-15-20-8-9-21(22)14-20/h3-7,20-22H,8-17H2,1-2H3. The fourth-order valence-corrected chi connectivity index (χ4v) is 6.08. The Morgan fingerprint density at radius 1 is 1.03 bits per heavy atom. The normalized spacial score (nSPS) is 26.5. The molecule has 160 valence electrons. The van der Waals surface area contributed by atoms with E-state index in [9.17, 15) is 4.79 Å². The zero-order chi connectivity index (χ0) is 20.7. The Morgan fingerprint density at radius 3 is 2.47 bits per heavy atom. The highest BCUT2D eigenvalue weighted by molar-refractivity contribution is 5.76. The van der Waals surface area contributed by atoms with Crippen molar-refractivity contribution in [1.82, 2.24) is 19.6 Å². The zero-order valence-electron chi connectivity index (χ0n) is 18.4. The number of carbonyl (C=O) groups excluding carboxylic acids is 1. The van der Waals surface area contributed by atoms with Crippen LogP contribution in [-0.4, -0.2) is 51.7 Å². The van der Waals surface area contributed by atoms with E-state index in [1.54, 1.807) is 0 Å². The molecule has 30 heavy (non-hydrogen) atoms. The number of fused-ring (bicyclic) bond motifs is 2. The smallest absolute Gasteiger partial charge is 0.222 e. The summed E-state index contributed by atoms with van der Waals surface area (Å²) in [6.45, 7) is 8.83. The minimum absolute atomic E-state index is 0.399. The topological polar surface area (TPSA) is 41.4 Å². The predicted octanol–water partition coefficient (Wildman–Crippen LogP) is 3.96. The Morgan fingerprint density at radius 2 is 1.80 bits per heavy atom. The molecule has 1 aromatic heterocycles. The highest BCUT2D eigenvalue weighted by Gasteiger charge is 2.40. The van der Waals surface area contributed by atoms with E-state index in [1.807, 2.05) is 6.07 Å². The largest absolute Gasteiger partial charge is 0.340 e. The van der Waals surface area contributed by atoms with Crippen molar-refractivity contribution < 1.29 is 4.79 Å². The summed E-state index contributed by atoms with van der Waals surface area (Å²) in [5, 5.41) is 4.79. The van der Waals surface area contributed by atoms with Gasteiger partial charge in [-0.3, -0.25) is 9.69 Å². The van der Waals surface area contributed by atoms with Crippen molar-refractivity contribution in [3.8, 4) is 5.69 Å². The van der Waals surface area contributed by atoms with Gasteiger partial charge in [-0.25, -0.2) is 4.68 Å². The average Bonchev–Trinajstić information content (AvgIpc) is 3.46. The van der Waals surface area contributed by atoms with Crippen LogP contribution in [0.1, 0.15) is 49.1 Å². The number of hydrogen-bond acceptors (Lipinski definition) is 3. The number of aryl methyl sites for hydroxylation is 1. The summed E-state index contributed by atoms with van der Waals surface area (Å²) in [4.78, 5) is 17.5. The second kappa shape index (κ2) is 8.18. The SMILES string of the molecule is Cc1nn(-c2ccccc2)c(C)c1CN1CCN(C(=O)CC2CC3CCC2C3)CC1. The molecule has 3 fully saturated rings. The lowest BCUT2D eigenvalue weighted by Crippen LogP contribution is -2.48. The summed E-state index contributed by atoms with van der Waals surface area (Å²) in [5.41, 5.74) is 4.75. The maximum absolute atomic E-state index is 12.9. The second-order valence-electron chi connectivity index (χ2n) is 9.69. The first-order valence-electron chi connectivity index (χ1n) is 11.7. The van der Waals surface area contributed by atoms with Crippen molar-refractivity contribution in [2.24, 2.45) is 17.8 Å². The third-order valence-corrected chi connectivity index (χ3v) is 7.87. The highest BCUT2D eigenvalue weighted by Crippen LogP contribution is 2.49. The molecule has 1 aromatic carbocycles. The van der Waals surface area contributed by atoms with Crippen molar-refractivity contribution in [1.29, 1.82) is 0 Å². The molecular weight excluding hydrogens is 372 g/mol. The number of aromatic nitrogens is 2. The first kappa shape index (κ1) is 19.8. The molecule has 1 saturated heterocycles. The number of rotatable bonds is 5. The molecule has 2 saturated carbocycles. The molecule has 1 amide bonds. The van der Waals surface area contributed by atoms with Crippen LogP contribution in [0.3, 0.4) is 0 Å². The van der Waals surface area contributed by atoms with Crippen LogP contribution >= 0.6 is 0 Å². The molecule has 5 heteroatoms. The molecule has 1 aliphatic heterocycles. The molecule has 3 unspecified atom stereocenters. The van der Waals surface area contributed by atoms with E-state index in [2.05, 4.69) is 52.6 Å². The molecule has 5 nitrogen and oxygen atoms in total. The van der Waals surface area contributed by atoms with Gasteiger partial charge in [-0.15, -0.1) is 0 Å². The van der Waals surface area contributed by atoms with Crippen LogP contribution in [-0.2, 0) is 11.3 Å². The lowest BCUT2D eigenvalue weighted by Gasteiger charge is -2.35. The van der Waals surface area contributed by atoms with Gasteiger partial charge in [0.25, 0.3) is 0 Å². The average molecular weight is 407 g/mol. The van der Waals surface area contributed by atoms with E-state index in [1.165, 1.54) is 36.9 Å². The number of piperazine rings is 1. The maximum Gasteiger partial charge on any atom is 0.222 e. The molecule has 2 heterocycles. The number of hydrogen-bond donors (Lipinski definition) is 0. The summed E-state index contributed by atoms with van der Waals surface area (Å²) in [6.07, 6.45) is 6.27. The Kier molecular flexibility index (Phi) is 5.40. The monoisotopic (exact) mass is 406 g/mol. The Labute approximate surface area is 180 Å². The van der Waals surface area contributed by atoms with E-state index in [0.29, 0.717) is 11.8 Å². The first-order chi connectivity index (χ1) is 14.6. The number of amides is 1. The highest BCUT2D eigenvalue weighted by atomic mass is 16.2. The van der Waals surface area contributed by atoms with Crippen molar-refractivity contribution in [2.75, 3.05) is 26.2 Å². The zero-order valence-corrected chi connectivity index (χ0v) is 18.4. The van der Waals surface area contributed by atoms with Gasteiger partial charge in [0, 0.05) is 50.4 Å².